The van der Waals surface area contributed by atoms with Crippen molar-refractivity contribution >= 4 is 5.84 Å². The maximum Gasteiger partial charge on any atom is 0.158 e. The molecular formula is C17H18N2O. The Morgan fingerprint density at radius 2 is 1.75 bits per heavy atom. The van der Waals surface area contributed by atoms with Crippen LogP contribution in [0, 0.1) is 5.41 Å². The molecule has 0 aromatic heterocycles. The zero-order chi connectivity index (χ0) is 13.9. The summed E-state index contributed by atoms with van der Waals surface area (Å²) in [6.07, 6.45) is -0.149. The lowest BCUT2D eigenvalue weighted by molar-refractivity contribution is -0.0196. The maximum absolute atomic E-state index is 8.39. The number of nitrogens with zero attached hydrogens (tertiary/aromatic N) is 1. The highest BCUT2D eigenvalue weighted by Crippen LogP contribution is 2.35. The Balaban J connectivity index is 1.92. The van der Waals surface area contributed by atoms with Gasteiger partial charge >= 0.3 is 0 Å². The fraction of sp³-hybridized carbons (Fsp3) is 0.235. The van der Waals surface area contributed by atoms with E-state index < -0.39 is 0 Å². The van der Waals surface area contributed by atoms with Gasteiger partial charge in [-0.3, -0.25) is 5.41 Å². The molecule has 102 valence electrons. The Hall–Kier alpha value is -2.13. The number of hydrogen-bond donors (Lipinski definition) is 1. The van der Waals surface area contributed by atoms with Crippen LogP contribution in [0.4, 0.5) is 0 Å². The monoisotopic (exact) mass is 266 g/mol. The van der Waals surface area contributed by atoms with E-state index in [0.29, 0.717) is 19.0 Å². The summed E-state index contributed by atoms with van der Waals surface area (Å²) in [6, 6.07) is 18.2. The SMILES string of the molecule is CCOC1c2ccccc2C(=N)N1Cc1ccccc1. The molecule has 1 aliphatic rings. The first kappa shape index (κ1) is 12.9. The molecule has 3 rings (SSSR count). The third-order valence-electron chi connectivity index (χ3n) is 3.57. The van der Waals surface area contributed by atoms with Crippen LogP contribution < -0.4 is 0 Å². The average Bonchev–Trinajstić information content (AvgIpc) is 2.75. The first-order chi connectivity index (χ1) is 9.81. The predicted molar refractivity (Wildman–Crippen MR) is 79.6 cm³/mol. The maximum atomic E-state index is 8.39. The van der Waals surface area contributed by atoms with Crippen molar-refractivity contribution in [3.8, 4) is 0 Å². The van der Waals surface area contributed by atoms with Gasteiger partial charge in [-0.15, -0.1) is 0 Å². The Morgan fingerprint density at radius 3 is 2.50 bits per heavy atom. The van der Waals surface area contributed by atoms with Crippen molar-refractivity contribution in [2.45, 2.75) is 19.7 Å². The molecular weight excluding hydrogens is 248 g/mol. The van der Waals surface area contributed by atoms with Crippen molar-refractivity contribution in [2.24, 2.45) is 0 Å². The number of ether oxygens (including phenoxy) is 1. The number of amidine groups is 1. The summed E-state index contributed by atoms with van der Waals surface area (Å²) in [5.41, 5.74) is 3.26. The Morgan fingerprint density at radius 1 is 1.05 bits per heavy atom. The molecule has 2 aromatic carbocycles. The van der Waals surface area contributed by atoms with Crippen molar-refractivity contribution < 1.29 is 4.74 Å². The Bertz CT molecular complexity index is 609. The van der Waals surface area contributed by atoms with Crippen LogP contribution in [0.5, 0.6) is 0 Å². The molecule has 0 saturated carbocycles. The number of hydrogen-bond acceptors (Lipinski definition) is 2. The molecule has 1 aliphatic heterocycles. The van der Waals surface area contributed by atoms with Crippen LogP contribution in [0.2, 0.25) is 0 Å². The molecule has 0 saturated heterocycles. The molecule has 3 nitrogen and oxygen atoms in total. The molecule has 3 heteroatoms. The zero-order valence-electron chi connectivity index (χ0n) is 11.5. The average molecular weight is 266 g/mol. The summed E-state index contributed by atoms with van der Waals surface area (Å²) in [7, 11) is 0. The van der Waals surface area contributed by atoms with Crippen LogP contribution in [-0.4, -0.2) is 17.3 Å². The lowest BCUT2D eigenvalue weighted by Gasteiger charge is -2.26. The fourth-order valence-corrected chi connectivity index (χ4v) is 2.65. The van der Waals surface area contributed by atoms with Crippen LogP contribution in [0.1, 0.15) is 29.8 Å². The summed E-state index contributed by atoms with van der Waals surface area (Å²) < 4.78 is 5.87. The highest BCUT2D eigenvalue weighted by atomic mass is 16.5. The van der Waals surface area contributed by atoms with Crippen molar-refractivity contribution in [2.75, 3.05) is 6.61 Å². The van der Waals surface area contributed by atoms with E-state index >= 15 is 0 Å². The third-order valence-corrected chi connectivity index (χ3v) is 3.57. The lowest BCUT2D eigenvalue weighted by atomic mass is 10.1. The minimum atomic E-state index is -0.149. The van der Waals surface area contributed by atoms with Crippen LogP contribution in [0.15, 0.2) is 54.6 Å². The van der Waals surface area contributed by atoms with Crippen LogP contribution in [0.3, 0.4) is 0 Å². The van der Waals surface area contributed by atoms with Gasteiger partial charge in [-0.1, -0.05) is 54.6 Å². The Labute approximate surface area is 119 Å². The zero-order valence-corrected chi connectivity index (χ0v) is 11.5. The molecule has 0 bridgehead atoms. The van der Waals surface area contributed by atoms with Gasteiger partial charge in [0.15, 0.2) is 6.23 Å². The number of benzene rings is 2. The van der Waals surface area contributed by atoms with Crippen LogP contribution >= 0.6 is 0 Å². The summed E-state index contributed by atoms with van der Waals surface area (Å²) in [5, 5.41) is 8.39. The summed E-state index contributed by atoms with van der Waals surface area (Å²) in [6.45, 7) is 3.32. The largest absolute Gasteiger partial charge is 0.354 e. The van der Waals surface area contributed by atoms with E-state index in [9.17, 15) is 0 Å². The molecule has 1 heterocycles. The lowest BCUT2D eigenvalue weighted by Crippen LogP contribution is -2.29. The van der Waals surface area contributed by atoms with E-state index in [1.54, 1.807) is 0 Å². The number of nitrogens with one attached hydrogen (secondary N) is 1. The van der Waals surface area contributed by atoms with Gasteiger partial charge in [-0.25, -0.2) is 0 Å². The molecule has 0 fully saturated rings. The van der Waals surface area contributed by atoms with Gasteiger partial charge in [-0.2, -0.15) is 0 Å². The van der Waals surface area contributed by atoms with Gasteiger partial charge in [0.25, 0.3) is 0 Å². The highest BCUT2D eigenvalue weighted by molar-refractivity contribution is 6.00. The van der Waals surface area contributed by atoms with Crippen LogP contribution in [0.25, 0.3) is 0 Å². The highest BCUT2D eigenvalue weighted by Gasteiger charge is 2.34. The topological polar surface area (TPSA) is 36.3 Å². The van der Waals surface area contributed by atoms with Crippen molar-refractivity contribution in [3.63, 3.8) is 0 Å². The predicted octanol–water partition coefficient (Wildman–Crippen LogP) is 3.56. The van der Waals surface area contributed by atoms with Crippen molar-refractivity contribution in [1.29, 1.82) is 5.41 Å². The standard InChI is InChI=1S/C17H18N2O/c1-2-20-17-15-11-7-6-10-14(15)16(18)19(17)12-13-8-4-3-5-9-13/h3-11,17-18H,2,12H2,1H3. The van der Waals surface area contributed by atoms with Gasteiger partial charge in [0.2, 0.25) is 0 Å². The van der Waals surface area contributed by atoms with E-state index in [0.717, 1.165) is 11.1 Å². The molecule has 1 unspecified atom stereocenters. The second-order valence-corrected chi connectivity index (χ2v) is 4.86. The van der Waals surface area contributed by atoms with Gasteiger partial charge in [0.05, 0.1) is 0 Å². The summed E-state index contributed by atoms with van der Waals surface area (Å²) in [5.74, 6) is 0.544. The van der Waals surface area contributed by atoms with Crippen molar-refractivity contribution in [1.82, 2.24) is 4.90 Å². The second-order valence-electron chi connectivity index (χ2n) is 4.86. The fourth-order valence-electron chi connectivity index (χ4n) is 2.65. The normalized spacial score (nSPS) is 17.4. The van der Waals surface area contributed by atoms with Crippen LogP contribution in [-0.2, 0) is 11.3 Å². The van der Waals surface area contributed by atoms with E-state index in [1.165, 1.54) is 5.56 Å². The van der Waals surface area contributed by atoms with Crippen molar-refractivity contribution in [3.05, 3.63) is 71.3 Å². The molecule has 0 aliphatic carbocycles. The molecule has 0 spiro atoms. The van der Waals surface area contributed by atoms with Gasteiger partial charge < -0.3 is 9.64 Å². The smallest absolute Gasteiger partial charge is 0.158 e. The quantitative estimate of drug-likeness (QED) is 0.918. The molecule has 0 amide bonds. The minimum absolute atomic E-state index is 0.149. The number of fused-ring (bicyclic) bond motifs is 1. The van der Waals surface area contributed by atoms with Gasteiger partial charge in [0.1, 0.15) is 5.84 Å². The number of rotatable bonds is 4. The summed E-state index contributed by atoms with van der Waals surface area (Å²) >= 11 is 0. The van der Waals surface area contributed by atoms with Gasteiger partial charge in [-0.05, 0) is 12.5 Å². The van der Waals surface area contributed by atoms with E-state index in [4.69, 9.17) is 10.1 Å². The molecule has 0 radical (unpaired) electrons. The minimum Gasteiger partial charge on any atom is -0.354 e. The van der Waals surface area contributed by atoms with E-state index in [-0.39, 0.29) is 6.23 Å². The summed E-state index contributed by atoms with van der Waals surface area (Å²) in [4.78, 5) is 2.02. The van der Waals surface area contributed by atoms with Gasteiger partial charge in [0, 0.05) is 24.3 Å². The first-order valence-electron chi connectivity index (χ1n) is 6.91. The second kappa shape index (κ2) is 5.47. The first-order valence-corrected chi connectivity index (χ1v) is 6.91. The van der Waals surface area contributed by atoms with E-state index in [2.05, 4.69) is 18.2 Å². The molecule has 1 N–H and O–H groups in total. The molecule has 1 atom stereocenters. The van der Waals surface area contributed by atoms with E-state index in [1.807, 2.05) is 48.2 Å². The molecule has 2 aromatic rings. The molecule has 20 heavy (non-hydrogen) atoms. The Kier molecular flexibility index (Phi) is 3.52. The third kappa shape index (κ3) is 2.21.